The SMILES string of the molecule is C=CCN1C(=O)NC(c2ccccc2C)C(C(=O)OCC)=C1CN1CCNCC1. The minimum atomic E-state index is -0.540. The van der Waals surface area contributed by atoms with Crippen molar-refractivity contribution in [1.82, 2.24) is 20.4 Å². The van der Waals surface area contributed by atoms with E-state index in [0.29, 0.717) is 24.4 Å². The number of esters is 1. The number of hydrogen-bond donors (Lipinski definition) is 2. The molecule has 1 aromatic rings. The van der Waals surface area contributed by atoms with E-state index in [4.69, 9.17) is 4.74 Å². The van der Waals surface area contributed by atoms with Gasteiger partial charge in [-0.15, -0.1) is 6.58 Å². The Morgan fingerprint density at radius 1 is 1.31 bits per heavy atom. The molecule has 1 fully saturated rings. The Hall–Kier alpha value is -2.64. The summed E-state index contributed by atoms with van der Waals surface area (Å²) in [6.45, 7) is 12.2. The van der Waals surface area contributed by atoms with Gasteiger partial charge in [0.05, 0.1) is 18.2 Å². The van der Waals surface area contributed by atoms with Crippen LogP contribution in [0.2, 0.25) is 0 Å². The molecule has 2 aliphatic heterocycles. The lowest BCUT2D eigenvalue weighted by Crippen LogP contribution is -2.52. The van der Waals surface area contributed by atoms with Crippen LogP contribution in [-0.2, 0) is 9.53 Å². The van der Waals surface area contributed by atoms with Gasteiger partial charge >= 0.3 is 12.0 Å². The number of rotatable bonds is 7. The molecule has 0 spiro atoms. The molecule has 2 aliphatic rings. The minimum absolute atomic E-state index is 0.226. The van der Waals surface area contributed by atoms with Crippen molar-refractivity contribution in [2.75, 3.05) is 45.9 Å². The summed E-state index contributed by atoms with van der Waals surface area (Å²) in [4.78, 5) is 30.0. The third-order valence-electron chi connectivity index (χ3n) is 5.33. The molecule has 0 aliphatic carbocycles. The summed E-state index contributed by atoms with van der Waals surface area (Å²) in [5.41, 5.74) is 3.11. The van der Waals surface area contributed by atoms with Crippen molar-refractivity contribution < 1.29 is 14.3 Å². The predicted octanol–water partition coefficient (Wildman–Crippen LogP) is 1.97. The topological polar surface area (TPSA) is 73.9 Å². The van der Waals surface area contributed by atoms with Gasteiger partial charge in [0, 0.05) is 45.0 Å². The fourth-order valence-electron chi connectivity index (χ4n) is 3.87. The third kappa shape index (κ3) is 4.68. The van der Waals surface area contributed by atoms with Crippen molar-refractivity contribution in [2.24, 2.45) is 0 Å². The number of urea groups is 1. The highest BCUT2D eigenvalue weighted by molar-refractivity contribution is 5.95. The highest BCUT2D eigenvalue weighted by Crippen LogP contribution is 2.33. The zero-order chi connectivity index (χ0) is 20.8. The van der Waals surface area contributed by atoms with E-state index < -0.39 is 6.04 Å². The molecular weight excluding hydrogens is 368 g/mol. The Balaban J connectivity index is 2.11. The van der Waals surface area contributed by atoms with Crippen molar-refractivity contribution in [3.05, 3.63) is 59.3 Å². The third-order valence-corrected chi connectivity index (χ3v) is 5.33. The molecule has 1 saturated heterocycles. The fraction of sp³-hybridized carbons (Fsp3) is 0.455. The Bertz CT molecular complexity index is 799. The van der Waals surface area contributed by atoms with Gasteiger partial charge in [-0.25, -0.2) is 9.59 Å². The quantitative estimate of drug-likeness (QED) is 0.543. The van der Waals surface area contributed by atoms with Crippen molar-refractivity contribution in [3.63, 3.8) is 0 Å². The van der Waals surface area contributed by atoms with Crippen LogP contribution in [0.25, 0.3) is 0 Å². The molecule has 0 aromatic heterocycles. The summed E-state index contributed by atoms with van der Waals surface area (Å²) in [7, 11) is 0. The van der Waals surface area contributed by atoms with Crippen molar-refractivity contribution in [3.8, 4) is 0 Å². The molecular formula is C22H30N4O3. The first kappa shape index (κ1) is 21.1. The Labute approximate surface area is 172 Å². The van der Waals surface area contributed by atoms with Crippen LogP contribution in [0.3, 0.4) is 0 Å². The lowest BCUT2D eigenvalue weighted by Gasteiger charge is -2.39. The average molecular weight is 399 g/mol. The van der Waals surface area contributed by atoms with Crippen LogP contribution in [0.1, 0.15) is 24.1 Å². The van der Waals surface area contributed by atoms with Crippen LogP contribution in [0, 0.1) is 6.92 Å². The monoisotopic (exact) mass is 398 g/mol. The zero-order valence-electron chi connectivity index (χ0n) is 17.2. The molecule has 2 N–H and O–H groups in total. The van der Waals surface area contributed by atoms with E-state index in [2.05, 4.69) is 22.1 Å². The summed E-state index contributed by atoms with van der Waals surface area (Å²) in [6, 6.07) is 7.03. The van der Waals surface area contributed by atoms with Gasteiger partial charge < -0.3 is 15.4 Å². The van der Waals surface area contributed by atoms with E-state index in [1.54, 1.807) is 17.9 Å². The van der Waals surface area contributed by atoms with Gasteiger partial charge in [0.25, 0.3) is 0 Å². The second-order valence-corrected chi connectivity index (χ2v) is 7.25. The summed E-state index contributed by atoms with van der Waals surface area (Å²) < 4.78 is 5.42. The van der Waals surface area contributed by atoms with Crippen molar-refractivity contribution in [1.29, 1.82) is 0 Å². The molecule has 7 nitrogen and oxygen atoms in total. The van der Waals surface area contributed by atoms with Crippen LogP contribution in [-0.4, -0.2) is 67.7 Å². The lowest BCUT2D eigenvalue weighted by molar-refractivity contribution is -0.139. The first-order valence-electron chi connectivity index (χ1n) is 10.1. The second-order valence-electron chi connectivity index (χ2n) is 7.25. The summed E-state index contributed by atoms with van der Waals surface area (Å²) in [5.74, 6) is -0.389. The van der Waals surface area contributed by atoms with E-state index >= 15 is 0 Å². The Morgan fingerprint density at radius 2 is 2.03 bits per heavy atom. The first-order chi connectivity index (χ1) is 14.1. The number of carbonyl (C=O) groups is 2. The maximum Gasteiger partial charge on any atom is 0.338 e. The number of carbonyl (C=O) groups excluding carboxylic acids is 2. The van der Waals surface area contributed by atoms with Gasteiger partial charge in [-0.1, -0.05) is 30.3 Å². The lowest BCUT2D eigenvalue weighted by atomic mass is 9.91. The standard InChI is InChI=1S/C22H30N4O3/c1-4-12-26-18(15-25-13-10-23-11-14-25)19(21(27)29-5-2)20(24-22(26)28)17-9-7-6-8-16(17)3/h4,6-9,20,23H,1,5,10-15H2,2-3H3,(H,24,28). The number of nitrogens with zero attached hydrogens (tertiary/aromatic N) is 2. The maximum absolute atomic E-state index is 13.1. The van der Waals surface area contributed by atoms with E-state index in [9.17, 15) is 9.59 Å². The molecule has 2 heterocycles. The highest BCUT2D eigenvalue weighted by Gasteiger charge is 2.38. The molecule has 1 atom stereocenters. The average Bonchev–Trinajstić information content (AvgIpc) is 2.71. The summed E-state index contributed by atoms with van der Waals surface area (Å²) in [5, 5.41) is 6.35. The van der Waals surface area contributed by atoms with Gasteiger partial charge in [-0.3, -0.25) is 9.80 Å². The number of ether oxygens (including phenoxy) is 1. The number of nitrogens with one attached hydrogen (secondary N) is 2. The van der Waals surface area contributed by atoms with Crippen LogP contribution >= 0.6 is 0 Å². The predicted molar refractivity (Wildman–Crippen MR) is 112 cm³/mol. The largest absolute Gasteiger partial charge is 0.463 e. The van der Waals surface area contributed by atoms with E-state index in [0.717, 1.165) is 37.3 Å². The number of hydrogen-bond acceptors (Lipinski definition) is 5. The molecule has 1 aromatic carbocycles. The molecule has 0 saturated carbocycles. The van der Waals surface area contributed by atoms with Crippen LogP contribution in [0.5, 0.6) is 0 Å². The smallest absolute Gasteiger partial charge is 0.338 e. The second kappa shape index (κ2) is 9.71. The minimum Gasteiger partial charge on any atom is -0.463 e. The summed E-state index contributed by atoms with van der Waals surface area (Å²) in [6.07, 6.45) is 1.67. The van der Waals surface area contributed by atoms with Gasteiger partial charge in [0.2, 0.25) is 0 Å². The van der Waals surface area contributed by atoms with Crippen LogP contribution in [0.15, 0.2) is 48.2 Å². The molecule has 156 valence electrons. The zero-order valence-corrected chi connectivity index (χ0v) is 17.2. The van der Waals surface area contributed by atoms with Crippen LogP contribution in [0.4, 0.5) is 4.79 Å². The number of benzene rings is 1. The maximum atomic E-state index is 13.1. The van der Waals surface area contributed by atoms with E-state index in [-0.39, 0.29) is 18.6 Å². The number of piperazine rings is 1. The highest BCUT2D eigenvalue weighted by atomic mass is 16.5. The Kier molecular flexibility index (Phi) is 7.06. The van der Waals surface area contributed by atoms with Crippen molar-refractivity contribution >= 4 is 12.0 Å². The molecule has 0 radical (unpaired) electrons. The molecule has 2 amide bonds. The first-order valence-corrected chi connectivity index (χ1v) is 10.1. The van der Waals surface area contributed by atoms with Gasteiger partial charge in [0.1, 0.15) is 0 Å². The van der Waals surface area contributed by atoms with Crippen LogP contribution < -0.4 is 10.6 Å². The molecule has 0 bridgehead atoms. The normalized spacial score (nSPS) is 20.4. The van der Waals surface area contributed by atoms with E-state index in [1.807, 2.05) is 31.2 Å². The Morgan fingerprint density at radius 3 is 2.69 bits per heavy atom. The van der Waals surface area contributed by atoms with Gasteiger partial charge in [0.15, 0.2) is 0 Å². The fourth-order valence-corrected chi connectivity index (χ4v) is 3.87. The molecule has 29 heavy (non-hydrogen) atoms. The van der Waals surface area contributed by atoms with E-state index in [1.165, 1.54) is 0 Å². The molecule has 3 rings (SSSR count). The number of aryl methyl sites for hydroxylation is 1. The van der Waals surface area contributed by atoms with Gasteiger partial charge in [-0.05, 0) is 25.0 Å². The van der Waals surface area contributed by atoms with Gasteiger partial charge in [-0.2, -0.15) is 0 Å². The van der Waals surface area contributed by atoms with Crippen molar-refractivity contribution in [2.45, 2.75) is 19.9 Å². The molecule has 1 unspecified atom stereocenters. The summed E-state index contributed by atoms with van der Waals surface area (Å²) >= 11 is 0. The number of amides is 2. The molecule has 7 heteroatoms.